The highest BCUT2D eigenvalue weighted by Gasteiger charge is 2.29. The van der Waals surface area contributed by atoms with Crippen LogP contribution in [0.15, 0.2) is 47.5 Å². The van der Waals surface area contributed by atoms with Crippen LogP contribution in [0.3, 0.4) is 0 Å². The maximum Gasteiger partial charge on any atom is 0.252 e. The van der Waals surface area contributed by atoms with E-state index in [4.69, 9.17) is 0 Å². The van der Waals surface area contributed by atoms with Gasteiger partial charge in [0.05, 0.1) is 12.1 Å². The minimum atomic E-state index is -0.0505. The van der Waals surface area contributed by atoms with Gasteiger partial charge in [-0.2, -0.15) is 0 Å². The number of hydrogen-bond acceptors (Lipinski definition) is 6. The molecular formula is C28H35N7O. The number of rotatable bonds is 8. The van der Waals surface area contributed by atoms with E-state index in [1.807, 2.05) is 18.3 Å². The van der Waals surface area contributed by atoms with Gasteiger partial charge in [-0.25, -0.2) is 4.68 Å². The van der Waals surface area contributed by atoms with E-state index in [0.29, 0.717) is 19.1 Å². The molecule has 8 heteroatoms. The minimum Gasteiger partial charge on any atom is -0.322 e. The van der Waals surface area contributed by atoms with Gasteiger partial charge in [0.25, 0.3) is 5.56 Å². The number of hydrogen-bond donors (Lipinski definition) is 1. The van der Waals surface area contributed by atoms with Crippen LogP contribution in [0, 0.1) is 13.8 Å². The van der Waals surface area contributed by atoms with Crippen LogP contribution in [-0.4, -0.2) is 35.1 Å². The summed E-state index contributed by atoms with van der Waals surface area (Å²) in [6.45, 7) is 7.45. The lowest BCUT2D eigenvalue weighted by Gasteiger charge is -2.32. The van der Waals surface area contributed by atoms with Crippen LogP contribution < -0.4 is 5.56 Å². The number of aromatic amines is 1. The SMILES string of the molecule is CC[C@@H](c1nnnn1C1CCCCC1)N(Cc1cccnc1)Cc1cc2c(C)cc(C)cc2[nH]c1=O. The number of pyridine rings is 2. The number of fused-ring (bicyclic) bond motifs is 1. The van der Waals surface area contributed by atoms with E-state index < -0.39 is 0 Å². The quantitative estimate of drug-likeness (QED) is 0.369. The highest BCUT2D eigenvalue weighted by Crippen LogP contribution is 2.32. The van der Waals surface area contributed by atoms with Gasteiger partial charge in [-0.1, -0.05) is 38.3 Å². The standard InChI is InChI=1S/C28H35N7O/c1-4-26(27-31-32-33-35(27)23-10-6-5-7-11-23)34(17-21-9-8-12-29-16-21)18-22-15-24-20(3)13-19(2)14-25(24)30-28(22)36/h8-9,12-16,23,26H,4-7,10-11,17-18H2,1-3H3,(H,30,36)/t26-/m0/s1. The maximum absolute atomic E-state index is 13.2. The Morgan fingerprint density at radius 1 is 1.14 bits per heavy atom. The summed E-state index contributed by atoms with van der Waals surface area (Å²) in [6.07, 6.45) is 10.4. The molecule has 8 nitrogen and oxygen atoms in total. The van der Waals surface area contributed by atoms with Crippen molar-refractivity contribution in [2.45, 2.75) is 84.5 Å². The topological polar surface area (TPSA) is 92.6 Å². The Balaban J connectivity index is 1.54. The van der Waals surface area contributed by atoms with Gasteiger partial charge in [-0.15, -0.1) is 5.10 Å². The first-order valence-electron chi connectivity index (χ1n) is 13.1. The molecule has 1 N–H and O–H groups in total. The second kappa shape index (κ2) is 10.7. The van der Waals surface area contributed by atoms with Gasteiger partial charge in [0.2, 0.25) is 0 Å². The van der Waals surface area contributed by atoms with Crippen LogP contribution in [0.4, 0.5) is 0 Å². The van der Waals surface area contributed by atoms with Crippen molar-refractivity contribution >= 4 is 10.9 Å². The van der Waals surface area contributed by atoms with E-state index in [1.165, 1.54) is 19.3 Å². The van der Waals surface area contributed by atoms with Gasteiger partial charge >= 0.3 is 0 Å². The van der Waals surface area contributed by atoms with Crippen molar-refractivity contribution in [3.8, 4) is 0 Å². The van der Waals surface area contributed by atoms with Crippen molar-refractivity contribution in [3.05, 3.63) is 81.2 Å². The van der Waals surface area contributed by atoms with Gasteiger partial charge in [0.15, 0.2) is 5.82 Å². The zero-order valence-corrected chi connectivity index (χ0v) is 21.4. The molecule has 0 aliphatic heterocycles. The van der Waals surface area contributed by atoms with Crippen LogP contribution in [0.25, 0.3) is 10.9 Å². The monoisotopic (exact) mass is 485 g/mol. The number of aromatic nitrogens is 6. The summed E-state index contributed by atoms with van der Waals surface area (Å²) in [4.78, 5) is 23.0. The first kappa shape index (κ1) is 24.3. The van der Waals surface area contributed by atoms with Crippen LogP contribution >= 0.6 is 0 Å². The molecule has 5 rings (SSSR count). The summed E-state index contributed by atoms with van der Waals surface area (Å²) >= 11 is 0. The molecule has 4 aromatic rings. The fourth-order valence-corrected chi connectivity index (χ4v) is 5.66. The van der Waals surface area contributed by atoms with Gasteiger partial charge < -0.3 is 4.98 Å². The number of nitrogens with one attached hydrogen (secondary N) is 1. The summed E-state index contributed by atoms with van der Waals surface area (Å²) in [5.41, 5.74) is 4.97. The third kappa shape index (κ3) is 5.09. The summed E-state index contributed by atoms with van der Waals surface area (Å²) in [7, 11) is 0. The molecule has 0 amide bonds. The van der Waals surface area contributed by atoms with E-state index in [0.717, 1.165) is 58.2 Å². The molecule has 0 radical (unpaired) electrons. The Hall–Kier alpha value is -3.39. The molecule has 1 saturated carbocycles. The van der Waals surface area contributed by atoms with Crippen molar-refractivity contribution in [2.24, 2.45) is 0 Å². The third-order valence-corrected chi connectivity index (χ3v) is 7.44. The lowest BCUT2D eigenvalue weighted by Crippen LogP contribution is -2.33. The van der Waals surface area contributed by atoms with Crippen molar-refractivity contribution in [3.63, 3.8) is 0 Å². The van der Waals surface area contributed by atoms with Gasteiger partial charge in [-0.05, 0) is 78.4 Å². The predicted molar refractivity (Wildman–Crippen MR) is 140 cm³/mol. The Morgan fingerprint density at radius 2 is 1.97 bits per heavy atom. The molecular weight excluding hydrogens is 450 g/mol. The van der Waals surface area contributed by atoms with E-state index in [-0.39, 0.29) is 11.6 Å². The van der Waals surface area contributed by atoms with E-state index >= 15 is 0 Å². The maximum atomic E-state index is 13.2. The molecule has 188 valence electrons. The average Bonchev–Trinajstić information content (AvgIpc) is 3.36. The summed E-state index contributed by atoms with van der Waals surface area (Å²) in [6, 6.07) is 10.6. The second-order valence-electron chi connectivity index (χ2n) is 10.1. The van der Waals surface area contributed by atoms with Gasteiger partial charge in [0.1, 0.15) is 0 Å². The highest BCUT2D eigenvalue weighted by molar-refractivity contribution is 5.83. The first-order chi connectivity index (χ1) is 17.5. The normalized spacial score (nSPS) is 15.6. The number of nitrogens with zero attached hydrogens (tertiary/aromatic N) is 6. The van der Waals surface area contributed by atoms with Crippen LogP contribution in [0.2, 0.25) is 0 Å². The van der Waals surface area contributed by atoms with E-state index in [1.54, 1.807) is 6.20 Å². The smallest absolute Gasteiger partial charge is 0.252 e. The van der Waals surface area contributed by atoms with Crippen molar-refractivity contribution in [1.82, 2.24) is 35.1 Å². The Bertz CT molecular complexity index is 1370. The zero-order valence-electron chi connectivity index (χ0n) is 21.4. The van der Waals surface area contributed by atoms with Gasteiger partial charge in [-0.3, -0.25) is 14.7 Å². The summed E-state index contributed by atoms with van der Waals surface area (Å²) < 4.78 is 2.06. The van der Waals surface area contributed by atoms with Crippen molar-refractivity contribution in [1.29, 1.82) is 0 Å². The molecule has 1 atom stereocenters. The molecule has 0 unspecified atom stereocenters. The number of H-pyrrole nitrogens is 1. The molecule has 36 heavy (non-hydrogen) atoms. The molecule has 0 spiro atoms. The van der Waals surface area contributed by atoms with Crippen LogP contribution in [0.1, 0.15) is 85.6 Å². The largest absolute Gasteiger partial charge is 0.322 e. The molecule has 3 aromatic heterocycles. The Morgan fingerprint density at radius 3 is 2.72 bits per heavy atom. The average molecular weight is 486 g/mol. The minimum absolute atomic E-state index is 0.0312. The third-order valence-electron chi connectivity index (χ3n) is 7.44. The molecule has 1 aliphatic carbocycles. The fourth-order valence-electron chi connectivity index (χ4n) is 5.66. The number of aryl methyl sites for hydroxylation is 2. The summed E-state index contributed by atoms with van der Waals surface area (Å²) in [5.74, 6) is 0.886. The molecule has 0 saturated heterocycles. The molecule has 1 aromatic carbocycles. The van der Waals surface area contributed by atoms with Crippen molar-refractivity contribution in [2.75, 3.05) is 0 Å². The Kier molecular flexibility index (Phi) is 7.23. The van der Waals surface area contributed by atoms with Crippen LogP contribution in [-0.2, 0) is 13.1 Å². The lowest BCUT2D eigenvalue weighted by molar-refractivity contribution is 0.155. The highest BCUT2D eigenvalue weighted by atomic mass is 16.1. The predicted octanol–water partition coefficient (Wildman–Crippen LogP) is 5.19. The van der Waals surface area contributed by atoms with E-state index in [9.17, 15) is 4.79 Å². The van der Waals surface area contributed by atoms with Crippen molar-refractivity contribution < 1.29 is 0 Å². The van der Waals surface area contributed by atoms with Crippen LogP contribution in [0.5, 0.6) is 0 Å². The molecule has 1 aliphatic rings. The lowest BCUT2D eigenvalue weighted by atomic mass is 9.95. The number of benzene rings is 1. The van der Waals surface area contributed by atoms with E-state index in [2.05, 4.69) is 74.0 Å². The Labute approximate surface area is 211 Å². The molecule has 1 fully saturated rings. The second-order valence-corrected chi connectivity index (χ2v) is 10.1. The first-order valence-corrected chi connectivity index (χ1v) is 13.1. The zero-order chi connectivity index (χ0) is 25.1. The molecule has 3 heterocycles. The fraction of sp³-hybridized carbons (Fsp3) is 0.464. The van der Waals surface area contributed by atoms with Gasteiger partial charge in [0, 0.05) is 41.9 Å². The summed E-state index contributed by atoms with van der Waals surface area (Å²) in [5, 5.41) is 14.1. The number of tetrazole rings is 1. The molecule has 0 bridgehead atoms.